The molecule has 2 rings (SSSR count). The van der Waals surface area contributed by atoms with Gasteiger partial charge in [-0.15, -0.1) is 0 Å². The maximum atomic E-state index is 3.54. The van der Waals surface area contributed by atoms with Crippen LogP contribution in [-0.2, 0) is 6.54 Å². The number of allylic oxidation sites excluding steroid dienone is 4. The Morgan fingerprint density at radius 3 is 2.78 bits per heavy atom. The third-order valence-electron chi connectivity index (χ3n) is 3.57. The van der Waals surface area contributed by atoms with E-state index < -0.39 is 0 Å². The molecule has 0 bridgehead atoms. The fraction of sp³-hybridized carbons (Fsp3) is 0.412. The Kier molecular flexibility index (Phi) is 4.77. The summed E-state index contributed by atoms with van der Waals surface area (Å²) < 4.78 is 0. The molecule has 1 nitrogen and oxygen atoms in total. The Balaban J connectivity index is 2.06. The first-order chi connectivity index (χ1) is 8.83. The molecule has 0 aliphatic heterocycles. The van der Waals surface area contributed by atoms with Crippen molar-refractivity contribution in [2.75, 3.05) is 6.54 Å². The molecule has 1 heteroatoms. The van der Waals surface area contributed by atoms with Gasteiger partial charge < -0.3 is 5.32 Å². The number of benzene rings is 1. The van der Waals surface area contributed by atoms with E-state index in [0.717, 1.165) is 13.1 Å². The second-order valence-electron chi connectivity index (χ2n) is 5.00. The van der Waals surface area contributed by atoms with Gasteiger partial charge in [0.1, 0.15) is 0 Å². The van der Waals surface area contributed by atoms with E-state index in [9.17, 15) is 0 Å². The number of unbranched alkanes of at least 4 members (excludes halogenated alkanes) is 1. The zero-order valence-electron chi connectivity index (χ0n) is 11.4. The van der Waals surface area contributed by atoms with E-state index in [1.807, 2.05) is 0 Å². The van der Waals surface area contributed by atoms with Crippen LogP contribution < -0.4 is 5.32 Å². The monoisotopic (exact) mass is 241 g/mol. The van der Waals surface area contributed by atoms with Crippen LogP contribution in [-0.4, -0.2) is 6.54 Å². The predicted octanol–water partition coefficient (Wildman–Crippen LogP) is 4.18. The molecule has 0 fully saturated rings. The van der Waals surface area contributed by atoms with Gasteiger partial charge in [0.2, 0.25) is 0 Å². The van der Waals surface area contributed by atoms with E-state index in [1.165, 1.54) is 29.5 Å². The summed E-state index contributed by atoms with van der Waals surface area (Å²) in [6, 6.07) is 8.78. The van der Waals surface area contributed by atoms with Crippen LogP contribution in [0.4, 0.5) is 0 Å². The summed E-state index contributed by atoms with van der Waals surface area (Å²) in [6.45, 7) is 6.53. The maximum absolute atomic E-state index is 3.54. The molecule has 96 valence electrons. The highest BCUT2D eigenvalue weighted by atomic mass is 14.8. The lowest BCUT2D eigenvalue weighted by Gasteiger charge is -2.16. The molecule has 1 aromatic carbocycles. The lowest BCUT2D eigenvalue weighted by molar-refractivity contribution is 0.638. The van der Waals surface area contributed by atoms with Gasteiger partial charge in [-0.2, -0.15) is 0 Å². The summed E-state index contributed by atoms with van der Waals surface area (Å²) >= 11 is 0. The Bertz CT molecular complexity index is 443. The van der Waals surface area contributed by atoms with Gasteiger partial charge in [-0.25, -0.2) is 0 Å². The molecule has 1 N–H and O–H groups in total. The Labute approximate surface area is 111 Å². The molecular formula is C17H23N. The molecule has 0 aromatic heterocycles. The topological polar surface area (TPSA) is 12.0 Å². The van der Waals surface area contributed by atoms with Gasteiger partial charge in [0.25, 0.3) is 0 Å². The quantitative estimate of drug-likeness (QED) is 0.737. The first-order valence-electron chi connectivity index (χ1n) is 6.96. The summed E-state index contributed by atoms with van der Waals surface area (Å²) in [6.07, 6.45) is 9.18. The summed E-state index contributed by atoms with van der Waals surface area (Å²) in [7, 11) is 0. The lowest BCUT2D eigenvalue weighted by atomic mass is 9.91. The Morgan fingerprint density at radius 1 is 1.22 bits per heavy atom. The molecule has 0 radical (unpaired) electrons. The SMILES string of the molecule is CCCCNCc1ccccc1C1C=CC=C1C. The van der Waals surface area contributed by atoms with Crippen molar-refractivity contribution >= 4 is 0 Å². The van der Waals surface area contributed by atoms with Crippen LogP contribution in [0.15, 0.2) is 48.1 Å². The van der Waals surface area contributed by atoms with E-state index in [0.29, 0.717) is 5.92 Å². The van der Waals surface area contributed by atoms with Crippen molar-refractivity contribution in [1.29, 1.82) is 0 Å². The molecule has 1 aliphatic carbocycles. The minimum Gasteiger partial charge on any atom is -0.313 e. The average molecular weight is 241 g/mol. The van der Waals surface area contributed by atoms with Crippen LogP contribution in [0.3, 0.4) is 0 Å². The summed E-state index contributed by atoms with van der Waals surface area (Å²) in [5.41, 5.74) is 4.32. The third-order valence-corrected chi connectivity index (χ3v) is 3.57. The molecule has 0 saturated heterocycles. The molecular weight excluding hydrogens is 218 g/mol. The third kappa shape index (κ3) is 3.11. The second kappa shape index (κ2) is 6.55. The first kappa shape index (κ1) is 13.1. The van der Waals surface area contributed by atoms with E-state index >= 15 is 0 Å². The van der Waals surface area contributed by atoms with E-state index in [2.05, 4.69) is 61.7 Å². The van der Waals surface area contributed by atoms with Crippen molar-refractivity contribution in [1.82, 2.24) is 5.32 Å². The molecule has 0 saturated carbocycles. The molecule has 0 spiro atoms. The minimum absolute atomic E-state index is 0.481. The number of rotatable bonds is 6. The van der Waals surface area contributed by atoms with Crippen molar-refractivity contribution in [3.05, 3.63) is 59.2 Å². The number of hydrogen-bond acceptors (Lipinski definition) is 1. The second-order valence-corrected chi connectivity index (χ2v) is 5.00. The first-order valence-corrected chi connectivity index (χ1v) is 6.96. The normalized spacial score (nSPS) is 18.1. The predicted molar refractivity (Wildman–Crippen MR) is 78.7 cm³/mol. The van der Waals surface area contributed by atoms with E-state index in [-0.39, 0.29) is 0 Å². The molecule has 1 aromatic rings. The molecule has 1 atom stereocenters. The molecule has 1 unspecified atom stereocenters. The van der Waals surface area contributed by atoms with Gasteiger partial charge in [0.05, 0.1) is 0 Å². The minimum atomic E-state index is 0.481. The van der Waals surface area contributed by atoms with Crippen molar-refractivity contribution in [3.8, 4) is 0 Å². The van der Waals surface area contributed by atoms with Crippen LogP contribution >= 0.6 is 0 Å². The lowest BCUT2D eigenvalue weighted by Crippen LogP contribution is -2.16. The van der Waals surface area contributed by atoms with Gasteiger partial charge in [0.15, 0.2) is 0 Å². The smallest absolute Gasteiger partial charge is 0.0234 e. The van der Waals surface area contributed by atoms with Crippen LogP contribution in [0.2, 0.25) is 0 Å². The van der Waals surface area contributed by atoms with Crippen LogP contribution in [0, 0.1) is 0 Å². The molecule has 0 heterocycles. The van der Waals surface area contributed by atoms with E-state index in [1.54, 1.807) is 0 Å². The van der Waals surface area contributed by atoms with Gasteiger partial charge in [-0.1, -0.05) is 61.4 Å². The fourth-order valence-electron chi connectivity index (χ4n) is 2.45. The number of hydrogen-bond donors (Lipinski definition) is 1. The molecule has 1 aliphatic rings. The van der Waals surface area contributed by atoms with Crippen LogP contribution in [0.25, 0.3) is 0 Å². The maximum Gasteiger partial charge on any atom is 0.0234 e. The summed E-state index contributed by atoms with van der Waals surface area (Å²) in [5.74, 6) is 0.481. The Hall–Kier alpha value is -1.34. The van der Waals surface area contributed by atoms with Crippen molar-refractivity contribution in [2.24, 2.45) is 0 Å². The zero-order valence-corrected chi connectivity index (χ0v) is 11.4. The van der Waals surface area contributed by atoms with Crippen molar-refractivity contribution in [2.45, 2.75) is 39.2 Å². The van der Waals surface area contributed by atoms with Gasteiger partial charge in [-0.05, 0) is 31.0 Å². The fourth-order valence-corrected chi connectivity index (χ4v) is 2.45. The zero-order chi connectivity index (χ0) is 12.8. The highest BCUT2D eigenvalue weighted by Gasteiger charge is 2.15. The van der Waals surface area contributed by atoms with Crippen molar-refractivity contribution < 1.29 is 0 Å². The number of nitrogens with one attached hydrogen (secondary N) is 1. The molecule has 0 amide bonds. The largest absolute Gasteiger partial charge is 0.313 e. The van der Waals surface area contributed by atoms with Gasteiger partial charge in [0, 0.05) is 12.5 Å². The Morgan fingerprint density at radius 2 is 2.06 bits per heavy atom. The highest BCUT2D eigenvalue weighted by molar-refractivity contribution is 5.43. The summed E-state index contributed by atoms with van der Waals surface area (Å²) in [5, 5.41) is 3.54. The summed E-state index contributed by atoms with van der Waals surface area (Å²) in [4.78, 5) is 0. The average Bonchev–Trinajstić information content (AvgIpc) is 2.81. The highest BCUT2D eigenvalue weighted by Crippen LogP contribution is 2.31. The van der Waals surface area contributed by atoms with Crippen LogP contribution in [0.1, 0.15) is 43.7 Å². The standard InChI is InChI=1S/C17H23N/c1-3-4-12-18-13-15-9-5-6-10-17(15)16-11-7-8-14(16)2/h5-11,16,18H,3-4,12-13H2,1-2H3. The van der Waals surface area contributed by atoms with Crippen molar-refractivity contribution in [3.63, 3.8) is 0 Å². The van der Waals surface area contributed by atoms with E-state index in [4.69, 9.17) is 0 Å². The van der Waals surface area contributed by atoms with Gasteiger partial charge in [-0.3, -0.25) is 0 Å². The molecule has 18 heavy (non-hydrogen) atoms. The van der Waals surface area contributed by atoms with Gasteiger partial charge >= 0.3 is 0 Å². The van der Waals surface area contributed by atoms with Crippen LogP contribution in [0.5, 0.6) is 0 Å².